The van der Waals surface area contributed by atoms with E-state index in [9.17, 15) is 9.59 Å². The molecule has 1 aliphatic rings. The summed E-state index contributed by atoms with van der Waals surface area (Å²) in [6.45, 7) is 3.37. The Hall–Kier alpha value is -3.87. The molecule has 1 N–H and O–H groups in total. The van der Waals surface area contributed by atoms with E-state index >= 15 is 0 Å². The second-order valence-corrected chi connectivity index (χ2v) is 7.63. The van der Waals surface area contributed by atoms with Crippen LogP contribution in [0.1, 0.15) is 12.0 Å². The Morgan fingerprint density at radius 3 is 2.25 bits per heavy atom. The van der Waals surface area contributed by atoms with Gasteiger partial charge in [0.05, 0.1) is 11.9 Å². The van der Waals surface area contributed by atoms with Crippen molar-refractivity contribution in [2.24, 2.45) is 0 Å². The molecular weight excluding hydrogens is 402 g/mol. The van der Waals surface area contributed by atoms with Crippen LogP contribution in [0, 0.1) is 0 Å². The topological polar surface area (TPSA) is 70.5 Å². The zero-order chi connectivity index (χ0) is 22.2. The largest absolute Gasteiger partial charge is 0.368 e. The van der Waals surface area contributed by atoms with Gasteiger partial charge in [0.15, 0.2) is 0 Å². The van der Waals surface area contributed by atoms with Crippen LogP contribution in [0.15, 0.2) is 79.1 Å². The summed E-state index contributed by atoms with van der Waals surface area (Å²) < 4.78 is 1.76. The molecule has 0 spiro atoms. The average Bonchev–Trinajstić information content (AvgIpc) is 3.33. The van der Waals surface area contributed by atoms with Crippen molar-refractivity contribution in [1.29, 1.82) is 0 Å². The number of benzene rings is 2. The van der Waals surface area contributed by atoms with Crippen molar-refractivity contribution in [1.82, 2.24) is 20.0 Å². The Bertz CT molecular complexity index is 1050. The quantitative estimate of drug-likeness (QED) is 0.587. The second-order valence-electron chi connectivity index (χ2n) is 7.63. The molecule has 0 atom stereocenters. The summed E-state index contributed by atoms with van der Waals surface area (Å²) in [7, 11) is 0. The molecule has 7 nitrogen and oxygen atoms in total. The summed E-state index contributed by atoms with van der Waals surface area (Å²) in [6.07, 6.45) is 7.05. The van der Waals surface area contributed by atoms with Crippen LogP contribution in [-0.2, 0) is 9.59 Å². The average molecular weight is 430 g/mol. The predicted octanol–water partition coefficient (Wildman–Crippen LogP) is 2.74. The van der Waals surface area contributed by atoms with Crippen LogP contribution in [-0.4, -0.2) is 59.2 Å². The number of carbonyl (C=O) groups is 2. The first kappa shape index (κ1) is 21.4. The minimum Gasteiger partial charge on any atom is -0.368 e. The number of amides is 2. The number of aromatic nitrogens is 2. The van der Waals surface area contributed by atoms with Crippen LogP contribution in [0.4, 0.5) is 5.69 Å². The first-order valence-corrected chi connectivity index (χ1v) is 10.8. The number of carbonyl (C=O) groups excluding carboxylic acids is 2. The second kappa shape index (κ2) is 10.4. The fourth-order valence-electron chi connectivity index (χ4n) is 3.68. The summed E-state index contributed by atoms with van der Waals surface area (Å²) in [5, 5.41) is 7.09. The van der Waals surface area contributed by atoms with E-state index < -0.39 is 0 Å². The molecule has 1 aliphatic heterocycles. The van der Waals surface area contributed by atoms with Crippen LogP contribution in [0.5, 0.6) is 0 Å². The van der Waals surface area contributed by atoms with Crippen LogP contribution >= 0.6 is 0 Å². The lowest BCUT2D eigenvalue weighted by Gasteiger charge is -2.36. The van der Waals surface area contributed by atoms with Crippen molar-refractivity contribution in [3.63, 3.8) is 0 Å². The summed E-state index contributed by atoms with van der Waals surface area (Å²) in [5.41, 5.74) is 2.98. The number of nitrogens with one attached hydrogen (secondary N) is 1. The number of hydrogen-bond acceptors (Lipinski definition) is 4. The number of anilines is 1. The molecule has 2 heterocycles. The van der Waals surface area contributed by atoms with Crippen molar-refractivity contribution >= 4 is 23.6 Å². The first-order chi connectivity index (χ1) is 15.7. The van der Waals surface area contributed by atoms with Gasteiger partial charge in [0.25, 0.3) is 0 Å². The van der Waals surface area contributed by atoms with Crippen LogP contribution in [0.2, 0.25) is 0 Å². The molecule has 1 fully saturated rings. The molecule has 0 aliphatic carbocycles. The van der Waals surface area contributed by atoms with E-state index in [2.05, 4.69) is 27.4 Å². The van der Waals surface area contributed by atoms with E-state index in [0.717, 1.165) is 24.3 Å². The van der Waals surface area contributed by atoms with Gasteiger partial charge in [0.2, 0.25) is 11.8 Å². The summed E-state index contributed by atoms with van der Waals surface area (Å²) in [6, 6.07) is 20.0. The minimum atomic E-state index is -0.223. The molecule has 164 valence electrons. The van der Waals surface area contributed by atoms with Gasteiger partial charge in [-0.25, -0.2) is 4.68 Å². The molecule has 0 radical (unpaired) electrons. The number of hydrogen-bond donors (Lipinski definition) is 1. The monoisotopic (exact) mass is 429 g/mol. The van der Waals surface area contributed by atoms with Gasteiger partial charge < -0.3 is 15.1 Å². The molecule has 3 aromatic rings. The zero-order valence-corrected chi connectivity index (χ0v) is 17.9. The number of rotatable bonds is 7. The molecule has 4 rings (SSSR count). The van der Waals surface area contributed by atoms with E-state index in [1.54, 1.807) is 17.0 Å². The summed E-state index contributed by atoms with van der Waals surface area (Å²) >= 11 is 0. The number of piperazine rings is 1. The van der Waals surface area contributed by atoms with Gasteiger partial charge in [-0.15, -0.1) is 0 Å². The number of nitrogens with zero attached hydrogens (tertiary/aromatic N) is 4. The lowest BCUT2D eigenvalue weighted by molar-refractivity contribution is -0.131. The van der Waals surface area contributed by atoms with Crippen LogP contribution in [0.25, 0.3) is 11.8 Å². The van der Waals surface area contributed by atoms with Crippen LogP contribution < -0.4 is 10.2 Å². The molecular formula is C25H27N5O2. The van der Waals surface area contributed by atoms with E-state index in [1.807, 2.05) is 59.6 Å². The van der Waals surface area contributed by atoms with Gasteiger partial charge in [-0.1, -0.05) is 36.4 Å². The maximum Gasteiger partial charge on any atom is 0.244 e. The fraction of sp³-hybridized carbons (Fsp3) is 0.240. The van der Waals surface area contributed by atoms with Gasteiger partial charge in [-0.3, -0.25) is 9.59 Å². The molecule has 2 amide bonds. The van der Waals surface area contributed by atoms with Crippen molar-refractivity contribution < 1.29 is 9.59 Å². The minimum absolute atomic E-state index is 0.0751. The smallest absolute Gasteiger partial charge is 0.244 e. The predicted molar refractivity (Wildman–Crippen MR) is 125 cm³/mol. The Labute approximate surface area is 187 Å². The fourth-order valence-corrected chi connectivity index (χ4v) is 3.68. The van der Waals surface area contributed by atoms with E-state index in [1.165, 1.54) is 11.8 Å². The summed E-state index contributed by atoms with van der Waals surface area (Å²) in [4.78, 5) is 28.7. The van der Waals surface area contributed by atoms with Crippen molar-refractivity contribution in [2.75, 3.05) is 37.6 Å². The molecule has 0 unspecified atom stereocenters. The molecule has 0 saturated carbocycles. The van der Waals surface area contributed by atoms with E-state index in [4.69, 9.17) is 0 Å². The maximum absolute atomic E-state index is 12.5. The SMILES string of the molecule is O=C(/C=C/c1cnn(-c2ccccc2)c1)NCCC(=O)N1CCN(c2ccccc2)CC1. The molecule has 0 bridgehead atoms. The molecule has 32 heavy (non-hydrogen) atoms. The molecule has 7 heteroatoms. The highest BCUT2D eigenvalue weighted by Crippen LogP contribution is 2.15. The third kappa shape index (κ3) is 5.63. The molecule has 1 saturated heterocycles. The Morgan fingerprint density at radius 2 is 1.56 bits per heavy atom. The van der Waals surface area contributed by atoms with Crippen molar-refractivity contribution in [3.8, 4) is 5.69 Å². The molecule has 1 aromatic heterocycles. The number of para-hydroxylation sites is 2. The normalized spacial score (nSPS) is 14.0. The standard InChI is InChI=1S/C25H27N5O2/c31-24(12-11-21-19-27-30(20-21)23-9-5-2-6-10-23)26-14-13-25(32)29-17-15-28(16-18-29)22-7-3-1-4-8-22/h1-12,19-20H,13-18H2,(H,26,31)/b12-11+. The Kier molecular flexibility index (Phi) is 6.97. The molecule has 2 aromatic carbocycles. The maximum atomic E-state index is 12.5. The van der Waals surface area contributed by atoms with Crippen molar-refractivity contribution in [3.05, 3.63) is 84.7 Å². The van der Waals surface area contributed by atoms with Gasteiger partial charge in [-0.05, 0) is 30.3 Å². The van der Waals surface area contributed by atoms with Crippen LogP contribution in [0.3, 0.4) is 0 Å². The van der Waals surface area contributed by atoms with Gasteiger partial charge >= 0.3 is 0 Å². The van der Waals surface area contributed by atoms with Gasteiger partial charge in [0.1, 0.15) is 0 Å². The summed E-state index contributed by atoms with van der Waals surface area (Å²) in [5.74, 6) is -0.148. The van der Waals surface area contributed by atoms with E-state index in [0.29, 0.717) is 26.1 Å². The van der Waals surface area contributed by atoms with Gasteiger partial charge in [0, 0.05) is 62.7 Å². The van der Waals surface area contributed by atoms with E-state index in [-0.39, 0.29) is 11.8 Å². The van der Waals surface area contributed by atoms with Crippen molar-refractivity contribution in [2.45, 2.75) is 6.42 Å². The highest BCUT2D eigenvalue weighted by atomic mass is 16.2. The Balaban J connectivity index is 1.17. The third-order valence-electron chi connectivity index (χ3n) is 5.44. The Morgan fingerprint density at radius 1 is 0.906 bits per heavy atom. The highest BCUT2D eigenvalue weighted by molar-refractivity contribution is 5.92. The lowest BCUT2D eigenvalue weighted by atomic mass is 10.2. The lowest BCUT2D eigenvalue weighted by Crippen LogP contribution is -2.49. The zero-order valence-electron chi connectivity index (χ0n) is 17.9. The first-order valence-electron chi connectivity index (χ1n) is 10.8. The highest BCUT2D eigenvalue weighted by Gasteiger charge is 2.20. The van der Waals surface area contributed by atoms with Gasteiger partial charge in [-0.2, -0.15) is 5.10 Å². The third-order valence-corrected chi connectivity index (χ3v) is 5.44.